The monoisotopic (exact) mass is 519 g/mol. The van der Waals surface area contributed by atoms with Crippen LogP contribution in [0, 0.1) is 15.4 Å². The SMILES string of the molecule is CC12c3ccccc3C(C=O)(c3ccccc31)[C@@H]1C(=O)N(c3ccccc3I)C(=O)[C@H]12. The minimum Gasteiger partial charge on any atom is -0.302 e. The number of amides is 2. The van der Waals surface area contributed by atoms with E-state index >= 15 is 0 Å². The molecule has 7 rings (SSSR count). The van der Waals surface area contributed by atoms with Gasteiger partial charge in [-0.15, -0.1) is 0 Å². The van der Waals surface area contributed by atoms with Crippen molar-refractivity contribution in [3.8, 4) is 0 Å². The second kappa shape index (κ2) is 6.13. The fourth-order valence-electron chi connectivity index (χ4n) is 6.33. The zero-order chi connectivity index (χ0) is 21.5. The highest BCUT2D eigenvalue weighted by Gasteiger charge is 2.72. The molecule has 3 aliphatic carbocycles. The van der Waals surface area contributed by atoms with Crippen molar-refractivity contribution in [3.63, 3.8) is 0 Å². The standard InChI is InChI=1S/C26H18INO3/c1-25-15-8-2-4-10-17(15)26(14-29,18-11-5-3-9-16(18)25)22-21(25)23(30)28(24(22)31)20-13-7-6-12-19(20)27/h2-14,21-22H,1H3/t21-,22-,25?,26?/m0/s1. The zero-order valence-electron chi connectivity index (χ0n) is 16.7. The first kappa shape index (κ1) is 18.9. The molecule has 0 N–H and O–H groups in total. The van der Waals surface area contributed by atoms with Crippen LogP contribution in [0.5, 0.6) is 0 Å². The zero-order valence-corrected chi connectivity index (χ0v) is 18.9. The van der Waals surface area contributed by atoms with Crippen LogP contribution in [-0.2, 0) is 25.2 Å². The summed E-state index contributed by atoms with van der Waals surface area (Å²) in [6.45, 7) is 2.06. The van der Waals surface area contributed by atoms with Gasteiger partial charge in [-0.3, -0.25) is 9.59 Å². The lowest BCUT2D eigenvalue weighted by molar-refractivity contribution is -0.129. The number of para-hydroxylation sites is 1. The number of benzene rings is 3. The Morgan fingerprint density at radius 3 is 1.81 bits per heavy atom. The van der Waals surface area contributed by atoms with Gasteiger partial charge in [0.15, 0.2) is 0 Å². The molecule has 2 atom stereocenters. The number of anilines is 1. The van der Waals surface area contributed by atoms with Gasteiger partial charge in [0.25, 0.3) is 0 Å². The minimum absolute atomic E-state index is 0.225. The highest BCUT2D eigenvalue weighted by atomic mass is 127. The van der Waals surface area contributed by atoms with Crippen molar-refractivity contribution < 1.29 is 14.4 Å². The lowest BCUT2D eigenvalue weighted by atomic mass is 9.42. The summed E-state index contributed by atoms with van der Waals surface area (Å²) in [6.07, 6.45) is 0.908. The van der Waals surface area contributed by atoms with Crippen molar-refractivity contribution in [2.45, 2.75) is 17.8 Å². The van der Waals surface area contributed by atoms with Gasteiger partial charge < -0.3 is 4.79 Å². The predicted octanol–water partition coefficient (Wildman–Crippen LogP) is 4.22. The molecule has 2 amide bonds. The highest BCUT2D eigenvalue weighted by molar-refractivity contribution is 14.1. The van der Waals surface area contributed by atoms with Crippen molar-refractivity contribution in [1.82, 2.24) is 0 Å². The minimum atomic E-state index is -1.17. The third-order valence-corrected chi connectivity index (χ3v) is 8.47. The number of carbonyl (C=O) groups excluding carboxylic acids is 3. The van der Waals surface area contributed by atoms with Crippen molar-refractivity contribution in [1.29, 1.82) is 0 Å². The number of hydrogen-bond donors (Lipinski definition) is 0. The molecule has 3 aromatic rings. The maximum atomic E-state index is 14.0. The maximum absolute atomic E-state index is 14.0. The number of carbonyl (C=O) groups is 3. The van der Waals surface area contributed by atoms with Gasteiger partial charge in [-0.25, -0.2) is 4.90 Å². The fraction of sp³-hybridized carbons (Fsp3) is 0.192. The number of hydrogen-bond acceptors (Lipinski definition) is 3. The van der Waals surface area contributed by atoms with Crippen LogP contribution < -0.4 is 4.90 Å². The highest BCUT2D eigenvalue weighted by Crippen LogP contribution is 2.66. The van der Waals surface area contributed by atoms with E-state index in [4.69, 9.17) is 0 Å². The van der Waals surface area contributed by atoms with Crippen LogP contribution in [-0.4, -0.2) is 18.1 Å². The average molecular weight is 519 g/mol. The molecule has 1 heterocycles. The second-order valence-electron chi connectivity index (χ2n) is 8.70. The van der Waals surface area contributed by atoms with Gasteiger partial charge in [0.05, 0.1) is 22.9 Å². The molecule has 1 aliphatic heterocycles. The van der Waals surface area contributed by atoms with Gasteiger partial charge in [-0.05, 0) is 57.0 Å². The van der Waals surface area contributed by atoms with E-state index in [0.29, 0.717) is 5.69 Å². The van der Waals surface area contributed by atoms with E-state index in [9.17, 15) is 14.4 Å². The molecule has 4 aliphatic rings. The normalized spacial score (nSPS) is 30.1. The quantitative estimate of drug-likeness (QED) is 0.290. The molecule has 4 nitrogen and oxygen atoms in total. The number of imide groups is 1. The Morgan fingerprint density at radius 2 is 1.26 bits per heavy atom. The second-order valence-corrected chi connectivity index (χ2v) is 9.86. The molecule has 1 fully saturated rings. The Balaban J connectivity index is 1.71. The molecular formula is C26H18INO3. The smallest absolute Gasteiger partial charge is 0.239 e. The molecule has 0 radical (unpaired) electrons. The lowest BCUT2D eigenvalue weighted by Gasteiger charge is -2.56. The number of aldehydes is 1. The third-order valence-electron chi connectivity index (χ3n) is 7.56. The Kier molecular flexibility index (Phi) is 3.74. The predicted molar refractivity (Wildman–Crippen MR) is 125 cm³/mol. The lowest BCUT2D eigenvalue weighted by Crippen LogP contribution is -2.61. The summed E-state index contributed by atoms with van der Waals surface area (Å²) in [5.41, 5.74) is 2.35. The third kappa shape index (κ3) is 1.99. The van der Waals surface area contributed by atoms with E-state index < -0.39 is 22.7 Å². The van der Waals surface area contributed by atoms with E-state index in [2.05, 4.69) is 29.5 Å². The van der Waals surface area contributed by atoms with Crippen molar-refractivity contribution in [3.05, 3.63) is 98.6 Å². The molecule has 0 unspecified atom stereocenters. The van der Waals surface area contributed by atoms with Gasteiger partial charge in [0.1, 0.15) is 6.29 Å². The summed E-state index contributed by atoms with van der Waals surface area (Å²) in [5, 5.41) is 0. The molecule has 0 saturated carbocycles. The van der Waals surface area contributed by atoms with Crippen LogP contribution in [0.1, 0.15) is 29.2 Å². The van der Waals surface area contributed by atoms with Gasteiger partial charge in [0, 0.05) is 8.99 Å². The molecule has 31 heavy (non-hydrogen) atoms. The number of halogens is 1. The Hall–Kier alpha value is -2.80. The van der Waals surface area contributed by atoms with Crippen molar-refractivity contribution in [2.75, 3.05) is 4.90 Å². The van der Waals surface area contributed by atoms with Crippen LogP contribution >= 0.6 is 22.6 Å². The maximum Gasteiger partial charge on any atom is 0.239 e. The first-order valence-corrected chi connectivity index (χ1v) is 11.3. The van der Waals surface area contributed by atoms with Crippen molar-refractivity contribution >= 4 is 46.4 Å². The van der Waals surface area contributed by atoms with Gasteiger partial charge in [-0.1, -0.05) is 67.6 Å². The summed E-state index contributed by atoms with van der Waals surface area (Å²) < 4.78 is 0.827. The van der Waals surface area contributed by atoms with E-state index in [1.165, 1.54) is 4.90 Å². The molecule has 5 heteroatoms. The van der Waals surface area contributed by atoms with Crippen LogP contribution in [0.2, 0.25) is 0 Å². The van der Waals surface area contributed by atoms with Gasteiger partial charge in [0.2, 0.25) is 11.8 Å². The molecular weight excluding hydrogens is 501 g/mol. The molecule has 0 aromatic heterocycles. The molecule has 0 spiro atoms. The fourth-order valence-corrected chi connectivity index (χ4v) is 6.96. The topological polar surface area (TPSA) is 54.5 Å². The Bertz CT molecular complexity index is 1270. The van der Waals surface area contributed by atoms with Crippen LogP contribution in [0.4, 0.5) is 5.69 Å². The average Bonchev–Trinajstić information content (AvgIpc) is 3.07. The molecule has 2 bridgehead atoms. The largest absolute Gasteiger partial charge is 0.302 e. The van der Waals surface area contributed by atoms with E-state index in [0.717, 1.165) is 32.1 Å². The molecule has 3 aromatic carbocycles. The Labute approximate surface area is 193 Å². The summed E-state index contributed by atoms with van der Waals surface area (Å²) in [4.78, 5) is 42.2. The summed E-state index contributed by atoms with van der Waals surface area (Å²) >= 11 is 2.15. The number of rotatable bonds is 2. The van der Waals surface area contributed by atoms with Crippen LogP contribution in [0.25, 0.3) is 0 Å². The summed E-state index contributed by atoms with van der Waals surface area (Å²) in [6, 6.07) is 23.0. The van der Waals surface area contributed by atoms with Crippen molar-refractivity contribution in [2.24, 2.45) is 11.8 Å². The summed E-state index contributed by atoms with van der Waals surface area (Å²) in [5.74, 6) is -1.91. The van der Waals surface area contributed by atoms with Gasteiger partial charge >= 0.3 is 0 Å². The van der Waals surface area contributed by atoms with E-state index in [1.54, 1.807) is 6.07 Å². The molecule has 152 valence electrons. The first-order chi connectivity index (χ1) is 15.0. The van der Waals surface area contributed by atoms with Gasteiger partial charge in [-0.2, -0.15) is 0 Å². The molecule has 1 saturated heterocycles. The first-order valence-electron chi connectivity index (χ1n) is 10.3. The van der Waals surface area contributed by atoms with Crippen LogP contribution in [0.3, 0.4) is 0 Å². The van der Waals surface area contributed by atoms with E-state index in [-0.39, 0.29) is 11.8 Å². The van der Waals surface area contributed by atoms with Crippen LogP contribution in [0.15, 0.2) is 72.8 Å². The Morgan fingerprint density at radius 1 is 0.774 bits per heavy atom. The number of nitrogens with zero attached hydrogens (tertiary/aromatic N) is 1. The van der Waals surface area contributed by atoms with E-state index in [1.807, 2.05) is 66.7 Å². The summed E-state index contributed by atoms with van der Waals surface area (Å²) in [7, 11) is 0.